The van der Waals surface area contributed by atoms with E-state index in [2.05, 4.69) is 5.32 Å². The number of sulfonamides is 1. The van der Waals surface area contributed by atoms with Gasteiger partial charge in [-0.1, -0.05) is 30.3 Å². The molecule has 0 saturated carbocycles. The van der Waals surface area contributed by atoms with Crippen LogP contribution < -0.4 is 14.4 Å². The zero-order valence-corrected chi connectivity index (χ0v) is 26.4. The Bertz CT molecular complexity index is 1490. The van der Waals surface area contributed by atoms with E-state index in [1.54, 1.807) is 49.4 Å². The van der Waals surface area contributed by atoms with E-state index >= 15 is 0 Å². The summed E-state index contributed by atoms with van der Waals surface area (Å²) in [7, 11) is -4.28. The summed E-state index contributed by atoms with van der Waals surface area (Å²) in [5.74, 6) is -1.41. The Labute approximate surface area is 252 Å². The Morgan fingerprint density at radius 1 is 1.00 bits per heavy atom. The number of carbonyl (C=O) groups is 2. The van der Waals surface area contributed by atoms with Crippen LogP contribution in [-0.4, -0.2) is 56.1 Å². The molecule has 0 heterocycles. The summed E-state index contributed by atoms with van der Waals surface area (Å²) in [6.45, 7) is 8.10. The topological polar surface area (TPSA) is 96.0 Å². The van der Waals surface area contributed by atoms with Crippen molar-refractivity contribution in [3.63, 3.8) is 0 Å². The van der Waals surface area contributed by atoms with Gasteiger partial charge in [0, 0.05) is 22.5 Å². The number of anilines is 1. The van der Waals surface area contributed by atoms with Gasteiger partial charge < -0.3 is 15.0 Å². The Hall–Kier alpha value is -3.57. The molecule has 3 aromatic carbocycles. The van der Waals surface area contributed by atoms with Gasteiger partial charge in [0.05, 0.1) is 17.2 Å². The summed E-state index contributed by atoms with van der Waals surface area (Å²) in [5, 5.41) is 2.85. The summed E-state index contributed by atoms with van der Waals surface area (Å²) in [5.41, 5.74) is -0.232. The molecule has 8 nitrogen and oxygen atoms in total. The highest BCUT2D eigenvalue weighted by Gasteiger charge is 2.34. The standard InChI is InChI=1S/C31H38FN3O5S2/c1-7-40-28-15-11-10-14-27(28)35(42(38,39)25-18-16-24(41-6)17-19-25)21-29(36)34(20-23-12-8-9-13-26(23)32)22(2)30(37)33-31(3,4)5/h8-19,22H,7,20-21H2,1-6H3,(H,33,37)/t22-/m0/s1. The molecule has 11 heteroatoms. The quantitative estimate of drug-likeness (QED) is 0.272. The van der Waals surface area contributed by atoms with E-state index in [4.69, 9.17) is 4.74 Å². The van der Waals surface area contributed by atoms with Crippen LogP contribution in [0.4, 0.5) is 10.1 Å². The number of carbonyl (C=O) groups excluding carboxylic acids is 2. The number of nitrogens with one attached hydrogen (secondary N) is 1. The number of thioether (sulfide) groups is 1. The Balaban J connectivity index is 2.10. The molecular weight excluding hydrogens is 577 g/mol. The lowest BCUT2D eigenvalue weighted by atomic mass is 10.1. The summed E-state index contributed by atoms with van der Waals surface area (Å²) in [4.78, 5) is 29.3. The first-order valence-corrected chi connectivity index (χ1v) is 16.2. The fourth-order valence-corrected chi connectivity index (χ4v) is 6.03. The molecule has 42 heavy (non-hydrogen) atoms. The number of halogens is 1. The van der Waals surface area contributed by atoms with Crippen molar-refractivity contribution in [1.82, 2.24) is 10.2 Å². The highest BCUT2D eigenvalue weighted by Crippen LogP contribution is 2.33. The fraction of sp³-hybridized carbons (Fsp3) is 0.355. The smallest absolute Gasteiger partial charge is 0.264 e. The first-order chi connectivity index (χ1) is 19.8. The van der Waals surface area contributed by atoms with Crippen LogP contribution in [0.25, 0.3) is 0 Å². The van der Waals surface area contributed by atoms with Gasteiger partial charge in [-0.15, -0.1) is 11.8 Å². The first kappa shape index (κ1) is 32.9. The maximum Gasteiger partial charge on any atom is 0.264 e. The van der Waals surface area contributed by atoms with E-state index in [0.717, 1.165) is 9.20 Å². The van der Waals surface area contributed by atoms with Crippen LogP contribution in [0, 0.1) is 5.82 Å². The van der Waals surface area contributed by atoms with Crippen molar-refractivity contribution < 1.29 is 27.1 Å². The third kappa shape index (κ3) is 8.25. The SMILES string of the molecule is CCOc1ccccc1N(CC(=O)N(Cc1ccccc1F)[C@@H](C)C(=O)NC(C)(C)C)S(=O)(=O)c1ccc(SC)cc1. The molecule has 0 aromatic heterocycles. The highest BCUT2D eigenvalue weighted by molar-refractivity contribution is 7.98. The molecule has 0 aliphatic heterocycles. The number of rotatable bonds is 12. The van der Waals surface area contributed by atoms with Gasteiger partial charge in [-0.3, -0.25) is 13.9 Å². The molecule has 0 spiro atoms. The molecular formula is C31H38FN3O5S2. The first-order valence-electron chi connectivity index (χ1n) is 13.5. The van der Waals surface area contributed by atoms with Crippen molar-refractivity contribution in [2.45, 2.75) is 62.5 Å². The number of nitrogens with zero attached hydrogens (tertiary/aromatic N) is 2. The highest BCUT2D eigenvalue weighted by atomic mass is 32.2. The largest absolute Gasteiger partial charge is 0.492 e. The summed E-state index contributed by atoms with van der Waals surface area (Å²) in [6.07, 6.45) is 1.88. The van der Waals surface area contributed by atoms with Crippen molar-refractivity contribution >= 4 is 39.3 Å². The summed E-state index contributed by atoms with van der Waals surface area (Å²) >= 11 is 1.47. The molecule has 0 aliphatic rings. The van der Waals surface area contributed by atoms with Crippen LogP contribution in [0.3, 0.4) is 0 Å². The Morgan fingerprint density at radius 3 is 2.21 bits per heavy atom. The van der Waals surface area contributed by atoms with Crippen LogP contribution >= 0.6 is 11.8 Å². The van der Waals surface area contributed by atoms with E-state index in [1.165, 1.54) is 53.9 Å². The normalized spacial score (nSPS) is 12.4. The number of hydrogen-bond donors (Lipinski definition) is 1. The molecule has 3 aromatic rings. The van der Waals surface area contributed by atoms with E-state index in [1.807, 2.05) is 27.0 Å². The monoisotopic (exact) mass is 615 g/mol. The van der Waals surface area contributed by atoms with Crippen LogP contribution in [-0.2, 0) is 26.2 Å². The fourth-order valence-electron chi connectivity index (χ4n) is 4.20. The molecule has 226 valence electrons. The van der Waals surface area contributed by atoms with Crippen molar-refractivity contribution in [2.24, 2.45) is 0 Å². The second-order valence-electron chi connectivity index (χ2n) is 10.6. The third-order valence-electron chi connectivity index (χ3n) is 6.32. The lowest BCUT2D eigenvalue weighted by molar-refractivity contribution is -0.140. The molecule has 1 N–H and O–H groups in total. The second-order valence-corrected chi connectivity index (χ2v) is 13.4. The average Bonchev–Trinajstić information content (AvgIpc) is 2.94. The summed E-state index contributed by atoms with van der Waals surface area (Å²) < 4.78 is 49.6. The van der Waals surface area contributed by atoms with Crippen molar-refractivity contribution in [1.29, 1.82) is 0 Å². The maximum absolute atomic E-state index is 14.7. The zero-order chi connectivity index (χ0) is 31.1. The summed E-state index contributed by atoms with van der Waals surface area (Å²) in [6, 6.07) is 17.8. The van der Waals surface area contributed by atoms with Crippen molar-refractivity contribution in [2.75, 3.05) is 23.7 Å². The van der Waals surface area contributed by atoms with Crippen LogP contribution in [0.5, 0.6) is 5.75 Å². The van der Waals surface area contributed by atoms with E-state index in [0.29, 0.717) is 0 Å². The number of hydrogen-bond acceptors (Lipinski definition) is 6. The third-order valence-corrected chi connectivity index (χ3v) is 8.84. The lowest BCUT2D eigenvalue weighted by Crippen LogP contribution is -2.54. The molecule has 0 bridgehead atoms. The minimum absolute atomic E-state index is 0.0152. The Morgan fingerprint density at radius 2 is 1.62 bits per heavy atom. The van der Waals surface area contributed by atoms with Gasteiger partial charge >= 0.3 is 0 Å². The molecule has 0 fully saturated rings. The molecule has 0 radical (unpaired) electrons. The molecule has 0 saturated heterocycles. The van der Waals surface area contributed by atoms with Gasteiger partial charge in [0.15, 0.2) is 0 Å². The van der Waals surface area contributed by atoms with Gasteiger partial charge in [-0.05, 0) is 83.3 Å². The van der Waals surface area contributed by atoms with Crippen LogP contribution in [0.2, 0.25) is 0 Å². The molecule has 0 unspecified atom stereocenters. The van der Waals surface area contributed by atoms with Gasteiger partial charge in [0.1, 0.15) is 24.2 Å². The predicted molar refractivity (Wildman–Crippen MR) is 165 cm³/mol. The van der Waals surface area contributed by atoms with E-state index in [-0.39, 0.29) is 35.0 Å². The van der Waals surface area contributed by atoms with Gasteiger partial charge in [-0.25, -0.2) is 12.8 Å². The van der Waals surface area contributed by atoms with Gasteiger partial charge in [0.2, 0.25) is 11.8 Å². The Kier molecular flexibility index (Phi) is 11.0. The van der Waals surface area contributed by atoms with Gasteiger partial charge in [0.25, 0.3) is 10.0 Å². The molecule has 3 rings (SSSR count). The number of ether oxygens (including phenoxy) is 1. The average molecular weight is 616 g/mol. The molecule has 1 atom stereocenters. The van der Waals surface area contributed by atoms with Crippen molar-refractivity contribution in [3.8, 4) is 5.75 Å². The molecule has 2 amide bonds. The van der Waals surface area contributed by atoms with Gasteiger partial charge in [-0.2, -0.15) is 0 Å². The zero-order valence-electron chi connectivity index (χ0n) is 24.8. The maximum atomic E-state index is 14.7. The van der Waals surface area contributed by atoms with Crippen LogP contribution in [0.1, 0.15) is 40.2 Å². The minimum atomic E-state index is -4.28. The van der Waals surface area contributed by atoms with E-state index < -0.39 is 45.8 Å². The predicted octanol–water partition coefficient (Wildman–Crippen LogP) is 5.47. The number of benzene rings is 3. The van der Waals surface area contributed by atoms with E-state index in [9.17, 15) is 22.4 Å². The lowest BCUT2D eigenvalue weighted by Gasteiger charge is -2.33. The number of amides is 2. The van der Waals surface area contributed by atoms with Crippen molar-refractivity contribution in [3.05, 3.63) is 84.2 Å². The number of para-hydroxylation sites is 2. The second kappa shape index (κ2) is 14.1. The molecule has 0 aliphatic carbocycles. The van der Waals surface area contributed by atoms with Crippen LogP contribution in [0.15, 0.2) is 82.6 Å². The minimum Gasteiger partial charge on any atom is -0.492 e.